The van der Waals surface area contributed by atoms with Crippen molar-refractivity contribution in [1.82, 2.24) is 0 Å². The molecule has 0 radical (unpaired) electrons. The Morgan fingerprint density at radius 3 is 2.00 bits per heavy atom. The zero-order valence-corrected chi connectivity index (χ0v) is 11.6. The van der Waals surface area contributed by atoms with Crippen LogP contribution < -0.4 is 0 Å². The molecule has 0 saturated heterocycles. The normalized spacial score (nSPS) is 13.6. The summed E-state index contributed by atoms with van der Waals surface area (Å²) in [6.07, 6.45) is 0. The van der Waals surface area contributed by atoms with E-state index in [2.05, 4.69) is 13.1 Å². The minimum absolute atomic E-state index is 0.0879. The van der Waals surface area contributed by atoms with E-state index < -0.39 is 20.8 Å². The number of allylic oxidation sites excluding steroid dienone is 1. The second-order valence-electron chi connectivity index (χ2n) is 4.68. The van der Waals surface area contributed by atoms with Crippen molar-refractivity contribution in [2.24, 2.45) is 5.41 Å². The van der Waals surface area contributed by atoms with Crippen LogP contribution in [0, 0.1) is 5.41 Å². The van der Waals surface area contributed by atoms with E-state index in [1.165, 1.54) is 0 Å². The lowest BCUT2D eigenvalue weighted by Gasteiger charge is -2.40. The molecule has 0 aliphatic heterocycles. The average molecular weight is 214 g/mol. The number of hydrogen-bond donors (Lipinski definition) is 0. The molecule has 0 fully saturated rings. The van der Waals surface area contributed by atoms with Gasteiger partial charge in [0.1, 0.15) is 0 Å². The summed E-state index contributed by atoms with van der Waals surface area (Å²) >= 11 is 0. The molecule has 0 aromatic carbocycles. The summed E-state index contributed by atoms with van der Waals surface area (Å²) in [5.41, 5.74) is -0.296. The fourth-order valence-electron chi connectivity index (χ4n) is 1.35. The van der Waals surface area contributed by atoms with E-state index in [9.17, 15) is 4.79 Å². The molecule has 0 bridgehead atoms. The second-order valence-corrected chi connectivity index (χ2v) is 5.54. The Kier molecular flexibility index (Phi) is 4.27. The molecule has 0 amide bonds. The highest BCUT2D eigenvalue weighted by molar-refractivity contribution is 6.25. The van der Waals surface area contributed by atoms with Gasteiger partial charge < -0.3 is 4.43 Å². The maximum absolute atomic E-state index is 11.9. The van der Waals surface area contributed by atoms with Crippen molar-refractivity contribution >= 4 is 15.5 Å². The van der Waals surface area contributed by atoms with Crippen LogP contribution >= 0.6 is 0 Å². The van der Waals surface area contributed by atoms with Gasteiger partial charge in [0.25, 0.3) is 0 Å². The van der Waals surface area contributed by atoms with Crippen LogP contribution in [0.4, 0.5) is 0 Å². The molecule has 14 heavy (non-hydrogen) atoms. The monoisotopic (exact) mass is 214 g/mol. The molecule has 0 aliphatic rings. The topological polar surface area (TPSA) is 26.3 Å². The highest BCUT2D eigenvalue weighted by Crippen LogP contribution is 2.36. The summed E-state index contributed by atoms with van der Waals surface area (Å²) in [6, 6.07) is 0. The zero-order valence-electron chi connectivity index (χ0n) is 10.2. The van der Waals surface area contributed by atoms with Gasteiger partial charge >= 0.3 is 0 Å². The molecule has 0 spiro atoms. The number of carbonyl (C=O) groups excluding carboxylic acids is 1. The van der Waals surface area contributed by atoms with Crippen LogP contribution in [0.5, 0.6) is 0 Å². The number of carbonyl (C=O) groups is 1. The van der Waals surface area contributed by atoms with Crippen molar-refractivity contribution < 1.29 is 9.22 Å². The van der Waals surface area contributed by atoms with E-state index in [0.29, 0.717) is 5.57 Å². The van der Waals surface area contributed by atoms with Crippen molar-refractivity contribution in [3.05, 3.63) is 12.2 Å². The number of ketones is 1. The molecule has 82 valence electrons. The standard InChI is InChI=1S/C11H22O2Si/c1-8(2)9(12)10(3,4)11(5,6)13-14-7/h1,14H2,2-7H3. The fraction of sp³-hybridized carbons (Fsp3) is 0.727. The van der Waals surface area contributed by atoms with Crippen molar-refractivity contribution in [2.45, 2.75) is 46.8 Å². The van der Waals surface area contributed by atoms with Gasteiger partial charge in [-0.15, -0.1) is 0 Å². The molecule has 0 aromatic heterocycles. The minimum atomic E-state index is -0.508. The molecular weight excluding hydrogens is 192 g/mol. The summed E-state index contributed by atoms with van der Waals surface area (Å²) in [7, 11) is -0.508. The van der Waals surface area contributed by atoms with Crippen molar-refractivity contribution in [1.29, 1.82) is 0 Å². The molecule has 0 atom stereocenters. The summed E-state index contributed by atoms with van der Waals surface area (Å²) in [4.78, 5) is 11.9. The third kappa shape index (κ3) is 2.55. The van der Waals surface area contributed by atoms with Crippen molar-refractivity contribution in [3.8, 4) is 0 Å². The number of Topliss-reactive ketones (excluding diaryl/α,β-unsaturated/α-hetero) is 1. The van der Waals surface area contributed by atoms with Crippen LogP contribution in [0.2, 0.25) is 6.55 Å². The fourth-order valence-corrected chi connectivity index (χ4v) is 2.43. The second kappa shape index (κ2) is 4.40. The van der Waals surface area contributed by atoms with Gasteiger partial charge in [0.15, 0.2) is 15.5 Å². The van der Waals surface area contributed by atoms with Gasteiger partial charge in [-0.3, -0.25) is 4.79 Å². The lowest BCUT2D eigenvalue weighted by molar-refractivity contribution is -0.133. The summed E-state index contributed by atoms with van der Waals surface area (Å²) in [5, 5.41) is 0. The molecular formula is C11H22O2Si. The predicted molar refractivity (Wildman–Crippen MR) is 63.2 cm³/mol. The Hall–Kier alpha value is -0.413. The van der Waals surface area contributed by atoms with Gasteiger partial charge in [-0.05, 0) is 40.2 Å². The molecule has 0 aliphatic carbocycles. The maximum Gasteiger partial charge on any atom is 0.166 e. The van der Waals surface area contributed by atoms with E-state index >= 15 is 0 Å². The van der Waals surface area contributed by atoms with Gasteiger partial charge in [0, 0.05) is 0 Å². The van der Waals surface area contributed by atoms with Crippen LogP contribution in [-0.4, -0.2) is 21.1 Å². The van der Waals surface area contributed by atoms with E-state index in [4.69, 9.17) is 4.43 Å². The third-order valence-electron chi connectivity index (χ3n) is 2.97. The van der Waals surface area contributed by atoms with Crippen molar-refractivity contribution in [2.75, 3.05) is 0 Å². The highest BCUT2D eigenvalue weighted by atomic mass is 28.2. The molecule has 0 heterocycles. The Balaban J connectivity index is 4.93. The first-order valence-corrected chi connectivity index (χ1v) is 7.00. The summed E-state index contributed by atoms with van der Waals surface area (Å²) < 4.78 is 5.74. The van der Waals surface area contributed by atoms with Gasteiger partial charge in [0.2, 0.25) is 0 Å². The Labute approximate surface area is 89.7 Å². The first-order chi connectivity index (χ1) is 6.16. The molecule has 0 rings (SSSR count). The molecule has 2 nitrogen and oxygen atoms in total. The minimum Gasteiger partial charge on any atom is -0.418 e. The lowest BCUT2D eigenvalue weighted by atomic mass is 9.72. The Morgan fingerprint density at radius 2 is 1.71 bits per heavy atom. The first kappa shape index (κ1) is 13.6. The quantitative estimate of drug-likeness (QED) is 0.517. The Bertz CT molecular complexity index is 242. The smallest absolute Gasteiger partial charge is 0.166 e. The van der Waals surface area contributed by atoms with Crippen LogP contribution in [0.3, 0.4) is 0 Å². The summed E-state index contributed by atoms with van der Waals surface area (Å²) in [5.74, 6) is 0.0879. The van der Waals surface area contributed by atoms with Gasteiger partial charge in [-0.1, -0.05) is 13.1 Å². The van der Waals surface area contributed by atoms with Crippen LogP contribution in [0.25, 0.3) is 0 Å². The largest absolute Gasteiger partial charge is 0.418 e. The van der Waals surface area contributed by atoms with Crippen molar-refractivity contribution in [3.63, 3.8) is 0 Å². The van der Waals surface area contributed by atoms with Crippen LogP contribution in [0.15, 0.2) is 12.2 Å². The zero-order chi connectivity index (χ0) is 11.6. The molecule has 0 N–H and O–H groups in total. The van der Waals surface area contributed by atoms with Gasteiger partial charge in [-0.25, -0.2) is 0 Å². The molecule has 0 aromatic rings. The predicted octanol–water partition coefficient (Wildman–Crippen LogP) is 2.08. The molecule has 0 unspecified atom stereocenters. The highest BCUT2D eigenvalue weighted by Gasteiger charge is 2.43. The maximum atomic E-state index is 11.9. The third-order valence-corrected chi connectivity index (χ3v) is 3.98. The molecule has 3 heteroatoms. The average Bonchev–Trinajstić information content (AvgIpc) is 2.02. The number of hydrogen-bond acceptors (Lipinski definition) is 2. The lowest BCUT2D eigenvalue weighted by Crippen LogP contribution is -2.47. The van der Waals surface area contributed by atoms with Gasteiger partial charge in [-0.2, -0.15) is 0 Å². The van der Waals surface area contributed by atoms with E-state index in [1.807, 2.05) is 27.7 Å². The summed E-state index contributed by atoms with van der Waals surface area (Å²) in [6.45, 7) is 15.3. The Morgan fingerprint density at radius 1 is 1.29 bits per heavy atom. The van der Waals surface area contributed by atoms with E-state index in [1.54, 1.807) is 6.92 Å². The van der Waals surface area contributed by atoms with Gasteiger partial charge in [0.05, 0.1) is 11.0 Å². The molecule has 0 saturated carbocycles. The van der Waals surface area contributed by atoms with Crippen LogP contribution in [-0.2, 0) is 9.22 Å². The van der Waals surface area contributed by atoms with Crippen LogP contribution in [0.1, 0.15) is 34.6 Å². The first-order valence-electron chi connectivity index (χ1n) is 5.01. The van der Waals surface area contributed by atoms with E-state index in [0.717, 1.165) is 0 Å². The van der Waals surface area contributed by atoms with E-state index in [-0.39, 0.29) is 5.78 Å². The number of rotatable bonds is 5. The SMILES string of the molecule is C=C(C)C(=O)C(C)(C)C(C)(C)O[SiH2]C.